The maximum absolute atomic E-state index is 12.0. The van der Waals surface area contributed by atoms with Gasteiger partial charge in [0, 0.05) is 9.86 Å². The summed E-state index contributed by atoms with van der Waals surface area (Å²) in [5, 5.41) is 8.84. The number of carboxylic acids is 1. The predicted octanol–water partition coefficient (Wildman–Crippen LogP) is 2.82. The Morgan fingerprint density at radius 3 is 2.40 bits per heavy atom. The molecule has 2 aromatic rings. The molecule has 0 amide bonds. The van der Waals surface area contributed by atoms with Gasteiger partial charge in [0.05, 0.1) is 5.69 Å². The van der Waals surface area contributed by atoms with Gasteiger partial charge < -0.3 is 5.11 Å². The van der Waals surface area contributed by atoms with Crippen molar-refractivity contribution >= 4 is 48.4 Å². The minimum atomic E-state index is -3.98. The van der Waals surface area contributed by atoms with Crippen molar-refractivity contribution in [1.29, 1.82) is 0 Å². The molecule has 0 heterocycles. The SMILES string of the molecule is CC(C(=O)O)S(=O)(=O)Nc1ccc(Br)c2ccccc12. The van der Waals surface area contributed by atoms with Crippen LogP contribution in [0.4, 0.5) is 5.69 Å². The van der Waals surface area contributed by atoms with Gasteiger partial charge in [0.2, 0.25) is 10.0 Å². The van der Waals surface area contributed by atoms with Gasteiger partial charge in [-0.15, -0.1) is 0 Å². The molecule has 1 atom stereocenters. The normalized spacial score (nSPS) is 13.1. The molecule has 2 aromatic carbocycles. The number of anilines is 1. The highest BCUT2D eigenvalue weighted by Gasteiger charge is 2.28. The van der Waals surface area contributed by atoms with Crippen LogP contribution in [0.2, 0.25) is 0 Å². The molecule has 0 saturated heterocycles. The Kier molecular flexibility index (Phi) is 4.01. The molecule has 0 bridgehead atoms. The minimum Gasteiger partial charge on any atom is -0.480 e. The van der Waals surface area contributed by atoms with Crippen LogP contribution in [-0.4, -0.2) is 24.7 Å². The number of nitrogens with one attached hydrogen (secondary N) is 1. The Labute approximate surface area is 124 Å². The van der Waals surface area contributed by atoms with E-state index in [-0.39, 0.29) is 0 Å². The third-order valence-electron chi connectivity index (χ3n) is 2.94. The molecule has 1 unspecified atom stereocenters. The Balaban J connectivity index is 2.51. The number of hydrogen-bond acceptors (Lipinski definition) is 3. The van der Waals surface area contributed by atoms with E-state index in [1.54, 1.807) is 24.3 Å². The van der Waals surface area contributed by atoms with E-state index in [4.69, 9.17) is 5.11 Å². The highest BCUT2D eigenvalue weighted by molar-refractivity contribution is 9.10. The zero-order chi connectivity index (χ0) is 14.9. The van der Waals surface area contributed by atoms with E-state index < -0.39 is 21.2 Å². The van der Waals surface area contributed by atoms with Crippen LogP contribution < -0.4 is 4.72 Å². The summed E-state index contributed by atoms with van der Waals surface area (Å²) >= 11 is 3.39. The first-order valence-corrected chi connectivity index (χ1v) is 8.08. The van der Waals surface area contributed by atoms with Gasteiger partial charge in [-0.05, 0) is 24.4 Å². The third-order valence-corrected chi connectivity index (χ3v) is 5.26. The summed E-state index contributed by atoms with van der Waals surface area (Å²) in [5.41, 5.74) is 0.358. The summed E-state index contributed by atoms with van der Waals surface area (Å²) in [6, 6.07) is 10.5. The third kappa shape index (κ3) is 2.78. The lowest BCUT2D eigenvalue weighted by molar-refractivity contribution is -0.136. The molecule has 0 aliphatic carbocycles. The van der Waals surface area contributed by atoms with Gasteiger partial charge in [-0.2, -0.15) is 0 Å². The van der Waals surface area contributed by atoms with Crippen molar-refractivity contribution in [3.05, 3.63) is 40.9 Å². The van der Waals surface area contributed by atoms with Gasteiger partial charge in [-0.3, -0.25) is 9.52 Å². The standard InChI is InChI=1S/C13H12BrNO4S/c1-8(13(16)17)20(18,19)15-12-7-6-11(14)9-4-2-3-5-10(9)12/h2-8,15H,1H3,(H,16,17). The number of halogens is 1. The summed E-state index contributed by atoms with van der Waals surface area (Å²) in [5.74, 6) is -1.39. The zero-order valence-corrected chi connectivity index (χ0v) is 12.9. The lowest BCUT2D eigenvalue weighted by Gasteiger charge is -2.13. The molecule has 0 aliphatic rings. The van der Waals surface area contributed by atoms with Gasteiger partial charge in [0.25, 0.3) is 0 Å². The molecule has 2 rings (SSSR count). The number of carboxylic acid groups (broad SMARTS) is 1. The lowest BCUT2D eigenvalue weighted by Crippen LogP contribution is -2.32. The summed E-state index contributed by atoms with van der Waals surface area (Å²) in [4.78, 5) is 10.8. The monoisotopic (exact) mass is 357 g/mol. The maximum atomic E-state index is 12.0. The van der Waals surface area contributed by atoms with E-state index in [0.717, 1.165) is 16.8 Å². The molecule has 5 nitrogen and oxygen atoms in total. The van der Waals surface area contributed by atoms with Crippen LogP contribution in [0.1, 0.15) is 6.92 Å². The topological polar surface area (TPSA) is 83.5 Å². The molecule has 106 valence electrons. The quantitative estimate of drug-likeness (QED) is 0.880. The number of carbonyl (C=O) groups is 1. The van der Waals surface area contributed by atoms with Crippen molar-refractivity contribution < 1.29 is 18.3 Å². The fourth-order valence-electron chi connectivity index (χ4n) is 1.73. The molecule has 0 fully saturated rings. The summed E-state index contributed by atoms with van der Waals surface area (Å²) in [7, 11) is -3.98. The number of sulfonamides is 1. The van der Waals surface area contributed by atoms with Crippen LogP contribution in [0.3, 0.4) is 0 Å². The van der Waals surface area contributed by atoms with Crippen LogP contribution in [0, 0.1) is 0 Å². The van der Waals surface area contributed by atoms with Gasteiger partial charge in [-0.1, -0.05) is 40.2 Å². The second-order valence-electron chi connectivity index (χ2n) is 4.27. The van der Waals surface area contributed by atoms with Crippen molar-refractivity contribution in [3.63, 3.8) is 0 Å². The fourth-order valence-corrected chi connectivity index (χ4v) is 3.13. The molecule has 0 aromatic heterocycles. The molecule has 0 spiro atoms. The van der Waals surface area contributed by atoms with Crippen molar-refractivity contribution in [1.82, 2.24) is 0 Å². The smallest absolute Gasteiger partial charge is 0.323 e. The molecule has 0 aliphatic heterocycles. The van der Waals surface area contributed by atoms with Crippen LogP contribution in [0.25, 0.3) is 10.8 Å². The summed E-state index contributed by atoms with van der Waals surface area (Å²) in [6.07, 6.45) is 0. The molecule has 0 saturated carbocycles. The van der Waals surface area contributed by atoms with Crippen LogP contribution in [-0.2, 0) is 14.8 Å². The predicted molar refractivity (Wildman–Crippen MR) is 81.3 cm³/mol. The number of fused-ring (bicyclic) bond motifs is 1. The Morgan fingerprint density at radius 1 is 1.20 bits per heavy atom. The second-order valence-corrected chi connectivity index (χ2v) is 7.12. The first-order valence-electron chi connectivity index (χ1n) is 5.74. The average molecular weight is 358 g/mol. The maximum Gasteiger partial charge on any atom is 0.323 e. The van der Waals surface area contributed by atoms with Crippen LogP contribution >= 0.6 is 15.9 Å². The molecular weight excluding hydrogens is 346 g/mol. The van der Waals surface area contributed by atoms with E-state index in [1.165, 1.54) is 0 Å². The molecular formula is C13H12BrNO4S. The van der Waals surface area contributed by atoms with E-state index in [9.17, 15) is 13.2 Å². The lowest BCUT2D eigenvalue weighted by atomic mass is 10.1. The number of benzene rings is 2. The van der Waals surface area contributed by atoms with Crippen molar-refractivity contribution in [2.75, 3.05) is 4.72 Å². The molecule has 20 heavy (non-hydrogen) atoms. The second kappa shape index (κ2) is 5.41. The molecule has 2 N–H and O–H groups in total. The van der Waals surface area contributed by atoms with Gasteiger partial charge in [0.1, 0.15) is 0 Å². The highest BCUT2D eigenvalue weighted by atomic mass is 79.9. The average Bonchev–Trinajstić information content (AvgIpc) is 2.41. The summed E-state index contributed by atoms with van der Waals surface area (Å²) in [6.45, 7) is 1.13. The number of hydrogen-bond donors (Lipinski definition) is 2. The largest absolute Gasteiger partial charge is 0.480 e. The highest BCUT2D eigenvalue weighted by Crippen LogP contribution is 2.30. The van der Waals surface area contributed by atoms with Crippen LogP contribution in [0.5, 0.6) is 0 Å². The van der Waals surface area contributed by atoms with Gasteiger partial charge >= 0.3 is 5.97 Å². The zero-order valence-electron chi connectivity index (χ0n) is 10.5. The van der Waals surface area contributed by atoms with Crippen LogP contribution in [0.15, 0.2) is 40.9 Å². The van der Waals surface area contributed by atoms with E-state index in [1.807, 2.05) is 12.1 Å². The fraction of sp³-hybridized carbons (Fsp3) is 0.154. The van der Waals surface area contributed by atoms with Gasteiger partial charge in [-0.25, -0.2) is 8.42 Å². The molecule has 0 radical (unpaired) electrons. The van der Waals surface area contributed by atoms with E-state index in [2.05, 4.69) is 20.7 Å². The first kappa shape index (κ1) is 14.8. The van der Waals surface area contributed by atoms with Crippen molar-refractivity contribution in [2.24, 2.45) is 0 Å². The van der Waals surface area contributed by atoms with Crippen molar-refractivity contribution in [3.8, 4) is 0 Å². The van der Waals surface area contributed by atoms with Crippen molar-refractivity contribution in [2.45, 2.75) is 12.2 Å². The molecule has 7 heteroatoms. The minimum absolute atomic E-state index is 0.358. The van der Waals surface area contributed by atoms with E-state index >= 15 is 0 Å². The first-order chi connectivity index (χ1) is 9.33. The van der Waals surface area contributed by atoms with E-state index in [0.29, 0.717) is 11.1 Å². The Morgan fingerprint density at radius 2 is 1.80 bits per heavy atom. The van der Waals surface area contributed by atoms with Gasteiger partial charge in [0.15, 0.2) is 5.25 Å². The summed E-state index contributed by atoms with van der Waals surface area (Å²) < 4.78 is 27.1. The number of aliphatic carboxylic acids is 1. The Bertz CT molecular complexity index is 773. The Hall–Kier alpha value is -1.60. The number of rotatable bonds is 4.